The van der Waals surface area contributed by atoms with Gasteiger partial charge < -0.3 is 14.8 Å². The molecule has 1 amide bonds. The van der Waals surface area contributed by atoms with Gasteiger partial charge in [0.25, 0.3) is 5.56 Å². The molecule has 0 aliphatic carbocycles. The Labute approximate surface area is 181 Å². The van der Waals surface area contributed by atoms with E-state index in [-0.39, 0.29) is 23.9 Å². The minimum atomic E-state index is -0.170. The van der Waals surface area contributed by atoms with Crippen LogP contribution in [0.3, 0.4) is 0 Å². The first kappa shape index (κ1) is 21.0. The van der Waals surface area contributed by atoms with E-state index in [9.17, 15) is 9.59 Å². The van der Waals surface area contributed by atoms with Crippen LogP contribution in [0.4, 0.5) is 5.95 Å². The Balaban J connectivity index is 1.46. The molecular weight excluding hydrogens is 394 g/mol. The molecule has 9 heteroatoms. The number of hydrogen-bond donors (Lipinski definition) is 1. The number of H-pyrrole nitrogens is 1. The minimum absolute atomic E-state index is 0.0828. The fourth-order valence-electron chi connectivity index (χ4n) is 4.10. The zero-order valence-electron chi connectivity index (χ0n) is 18.8. The molecule has 9 nitrogen and oxygen atoms in total. The normalized spacial score (nSPS) is 14.9. The molecule has 0 aromatic carbocycles. The third-order valence-electron chi connectivity index (χ3n) is 6.32. The molecule has 164 valence electrons. The zero-order valence-corrected chi connectivity index (χ0v) is 18.8. The van der Waals surface area contributed by atoms with Gasteiger partial charge in [-0.1, -0.05) is 0 Å². The van der Waals surface area contributed by atoms with E-state index < -0.39 is 0 Å². The topological polar surface area (TPSA) is 100 Å². The lowest BCUT2D eigenvalue weighted by Gasteiger charge is -2.32. The van der Waals surface area contributed by atoms with E-state index in [2.05, 4.69) is 20.1 Å². The van der Waals surface area contributed by atoms with E-state index in [4.69, 9.17) is 0 Å². The van der Waals surface area contributed by atoms with Gasteiger partial charge in [-0.25, -0.2) is 9.97 Å². The average molecular weight is 424 g/mol. The number of likely N-dealkylation sites (tertiary alicyclic amines) is 1. The van der Waals surface area contributed by atoms with E-state index in [0.717, 1.165) is 35.5 Å². The SMILES string of the molecule is Cc1nn(CC(=O)N2CCC(c3cc4nc(N(C)C)ncc4c(=O)[nH]3)CC2)c(C)c1C. The maximum atomic E-state index is 12.8. The molecule has 0 bridgehead atoms. The first-order valence-corrected chi connectivity index (χ1v) is 10.6. The monoisotopic (exact) mass is 423 g/mol. The molecule has 3 aromatic rings. The molecule has 4 rings (SSSR count). The van der Waals surface area contributed by atoms with Gasteiger partial charge in [-0.15, -0.1) is 0 Å². The van der Waals surface area contributed by atoms with Gasteiger partial charge in [-0.05, 0) is 45.2 Å². The third-order valence-corrected chi connectivity index (χ3v) is 6.32. The minimum Gasteiger partial charge on any atom is -0.347 e. The molecule has 0 saturated carbocycles. The van der Waals surface area contributed by atoms with Gasteiger partial charge >= 0.3 is 0 Å². The van der Waals surface area contributed by atoms with Crippen molar-refractivity contribution in [1.29, 1.82) is 0 Å². The van der Waals surface area contributed by atoms with Crippen molar-refractivity contribution in [2.75, 3.05) is 32.1 Å². The van der Waals surface area contributed by atoms with Crippen molar-refractivity contribution < 1.29 is 4.79 Å². The number of pyridine rings is 1. The molecular formula is C22H29N7O2. The number of nitrogens with zero attached hydrogens (tertiary/aromatic N) is 6. The number of hydrogen-bond acceptors (Lipinski definition) is 6. The smallest absolute Gasteiger partial charge is 0.259 e. The zero-order chi connectivity index (χ0) is 22.3. The molecule has 1 fully saturated rings. The molecule has 1 aliphatic heterocycles. The Morgan fingerprint density at radius 1 is 1.23 bits per heavy atom. The maximum Gasteiger partial charge on any atom is 0.259 e. The third kappa shape index (κ3) is 4.04. The van der Waals surface area contributed by atoms with Crippen molar-refractivity contribution in [1.82, 2.24) is 29.6 Å². The molecule has 0 radical (unpaired) electrons. The molecule has 1 saturated heterocycles. The number of rotatable bonds is 4. The van der Waals surface area contributed by atoms with Crippen LogP contribution in [0.25, 0.3) is 10.9 Å². The van der Waals surface area contributed by atoms with Gasteiger partial charge in [0.1, 0.15) is 6.54 Å². The maximum absolute atomic E-state index is 12.8. The van der Waals surface area contributed by atoms with E-state index in [1.165, 1.54) is 0 Å². The molecule has 31 heavy (non-hydrogen) atoms. The summed E-state index contributed by atoms with van der Waals surface area (Å²) in [6, 6.07) is 1.95. The Bertz CT molecular complexity index is 1190. The van der Waals surface area contributed by atoms with E-state index >= 15 is 0 Å². The summed E-state index contributed by atoms with van der Waals surface area (Å²) in [5, 5.41) is 4.97. The molecule has 4 heterocycles. The van der Waals surface area contributed by atoms with Crippen molar-refractivity contribution in [2.24, 2.45) is 0 Å². The molecule has 1 N–H and O–H groups in total. The number of piperidine rings is 1. The average Bonchev–Trinajstić information content (AvgIpc) is 2.99. The number of carbonyl (C=O) groups excluding carboxylic acids is 1. The summed E-state index contributed by atoms with van der Waals surface area (Å²) < 4.78 is 1.79. The van der Waals surface area contributed by atoms with Crippen LogP contribution in [-0.4, -0.2) is 62.7 Å². The summed E-state index contributed by atoms with van der Waals surface area (Å²) in [5.74, 6) is 0.845. The van der Waals surface area contributed by atoms with Crippen LogP contribution in [0.2, 0.25) is 0 Å². The summed E-state index contributed by atoms with van der Waals surface area (Å²) in [7, 11) is 3.74. The number of nitrogens with one attached hydrogen (secondary N) is 1. The molecule has 3 aromatic heterocycles. The Hall–Kier alpha value is -3.23. The van der Waals surface area contributed by atoms with E-state index in [0.29, 0.717) is 29.9 Å². The lowest BCUT2D eigenvalue weighted by molar-refractivity contribution is -0.133. The van der Waals surface area contributed by atoms with Crippen LogP contribution in [0.5, 0.6) is 0 Å². The predicted octanol–water partition coefficient (Wildman–Crippen LogP) is 1.91. The quantitative estimate of drug-likeness (QED) is 0.688. The summed E-state index contributed by atoms with van der Waals surface area (Å²) in [6.07, 6.45) is 3.17. The number of carbonyl (C=O) groups is 1. The Morgan fingerprint density at radius 3 is 2.55 bits per heavy atom. The highest BCUT2D eigenvalue weighted by atomic mass is 16.2. The van der Waals surface area contributed by atoms with Gasteiger partial charge in [0.15, 0.2) is 0 Å². The van der Waals surface area contributed by atoms with Gasteiger partial charge in [-0.2, -0.15) is 5.10 Å². The standard InChI is InChI=1S/C22H29N7O2/c1-13-14(2)26-29(15(13)3)12-20(30)28-8-6-16(7-9-28)18-10-19-17(21(31)24-18)11-23-22(25-19)27(4)5/h10-11,16H,6-9,12H2,1-5H3,(H,24,31). The van der Waals surface area contributed by atoms with E-state index in [1.54, 1.807) is 10.9 Å². The van der Waals surface area contributed by atoms with Crippen LogP contribution < -0.4 is 10.5 Å². The van der Waals surface area contributed by atoms with Crippen LogP contribution in [0, 0.1) is 20.8 Å². The molecule has 1 aliphatic rings. The van der Waals surface area contributed by atoms with Crippen molar-refractivity contribution in [3.8, 4) is 0 Å². The fraction of sp³-hybridized carbons (Fsp3) is 0.500. The first-order valence-electron chi connectivity index (χ1n) is 10.6. The molecule has 0 atom stereocenters. The fourth-order valence-corrected chi connectivity index (χ4v) is 4.10. The van der Waals surface area contributed by atoms with Crippen LogP contribution in [0.15, 0.2) is 17.1 Å². The highest BCUT2D eigenvalue weighted by molar-refractivity contribution is 5.78. The van der Waals surface area contributed by atoms with Gasteiger partial charge in [0.2, 0.25) is 11.9 Å². The number of fused-ring (bicyclic) bond motifs is 1. The van der Waals surface area contributed by atoms with Crippen LogP contribution in [-0.2, 0) is 11.3 Å². The summed E-state index contributed by atoms with van der Waals surface area (Å²) in [5.41, 5.74) is 4.49. The lowest BCUT2D eigenvalue weighted by Crippen LogP contribution is -2.40. The Morgan fingerprint density at radius 2 is 1.94 bits per heavy atom. The lowest BCUT2D eigenvalue weighted by atomic mass is 9.92. The largest absolute Gasteiger partial charge is 0.347 e. The number of aryl methyl sites for hydroxylation is 1. The van der Waals surface area contributed by atoms with Crippen LogP contribution in [0.1, 0.15) is 41.4 Å². The second-order valence-corrected chi connectivity index (χ2v) is 8.53. The summed E-state index contributed by atoms with van der Waals surface area (Å²) >= 11 is 0. The number of amides is 1. The summed E-state index contributed by atoms with van der Waals surface area (Å²) in [4.78, 5) is 40.8. The number of anilines is 1. The van der Waals surface area contributed by atoms with Gasteiger partial charge in [-0.3, -0.25) is 14.3 Å². The highest BCUT2D eigenvalue weighted by Gasteiger charge is 2.26. The number of aromatic nitrogens is 5. The first-order chi connectivity index (χ1) is 14.7. The molecule has 0 spiro atoms. The predicted molar refractivity (Wildman–Crippen MR) is 119 cm³/mol. The second-order valence-electron chi connectivity index (χ2n) is 8.53. The van der Waals surface area contributed by atoms with Crippen molar-refractivity contribution >= 4 is 22.8 Å². The van der Waals surface area contributed by atoms with Gasteiger partial charge in [0.05, 0.1) is 16.6 Å². The second kappa shape index (κ2) is 8.13. The highest BCUT2D eigenvalue weighted by Crippen LogP contribution is 2.27. The van der Waals surface area contributed by atoms with Gasteiger partial charge in [0, 0.05) is 50.7 Å². The van der Waals surface area contributed by atoms with Crippen molar-refractivity contribution in [3.63, 3.8) is 0 Å². The van der Waals surface area contributed by atoms with Crippen molar-refractivity contribution in [3.05, 3.63) is 45.3 Å². The van der Waals surface area contributed by atoms with Crippen molar-refractivity contribution in [2.45, 2.75) is 46.1 Å². The number of aromatic amines is 1. The molecule has 0 unspecified atom stereocenters. The van der Waals surface area contributed by atoms with E-state index in [1.807, 2.05) is 50.7 Å². The summed E-state index contributed by atoms with van der Waals surface area (Å²) in [6.45, 7) is 7.58. The Kier molecular flexibility index (Phi) is 5.51. The van der Waals surface area contributed by atoms with Crippen LogP contribution >= 0.6 is 0 Å².